The Balaban J connectivity index is 1.41. The molecule has 28 heavy (non-hydrogen) atoms. The van der Waals surface area contributed by atoms with Crippen LogP contribution in [0.5, 0.6) is 0 Å². The summed E-state index contributed by atoms with van der Waals surface area (Å²) in [5.41, 5.74) is 1.79. The highest BCUT2D eigenvalue weighted by Gasteiger charge is 2.23. The molecular formula is C22H26ClN3O2. The minimum atomic E-state index is -0.570. The van der Waals surface area contributed by atoms with Gasteiger partial charge in [0.15, 0.2) is 0 Å². The Kier molecular flexibility index (Phi) is 7.06. The highest BCUT2D eigenvalue weighted by atomic mass is 35.5. The SMILES string of the molecule is C[C@H](NC(=O)c1ccccc1)C(=O)NC1CCN(Cc2ccc(Cl)cc2)CC1. The van der Waals surface area contributed by atoms with Crippen LogP contribution < -0.4 is 10.6 Å². The van der Waals surface area contributed by atoms with Gasteiger partial charge in [-0.05, 0) is 49.6 Å². The van der Waals surface area contributed by atoms with Crippen LogP contribution in [-0.4, -0.2) is 41.9 Å². The van der Waals surface area contributed by atoms with Crippen molar-refractivity contribution in [2.45, 2.75) is 38.4 Å². The molecule has 5 nitrogen and oxygen atoms in total. The standard InChI is InChI=1S/C22H26ClN3O2/c1-16(24-22(28)18-5-3-2-4-6-18)21(27)25-20-11-13-26(14-12-20)15-17-7-9-19(23)10-8-17/h2-10,16,20H,11-15H2,1H3,(H,24,28)(H,25,27)/t16-/m0/s1. The average Bonchev–Trinajstić information content (AvgIpc) is 2.71. The van der Waals surface area contributed by atoms with Gasteiger partial charge in [0, 0.05) is 36.3 Å². The quantitative estimate of drug-likeness (QED) is 0.783. The van der Waals surface area contributed by atoms with Gasteiger partial charge in [0.05, 0.1) is 0 Å². The molecule has 2 amide bonds. The molecule has 2 aromatic rings. The number of amides is 2. The van der Waals surface area contributed by atoms with Crippen molar-refractivity contribution in [2.24, 2.45) is 0 Å². The number of benzene rings is 2. The summed E-state index contributed by atoms with van der Waals surface area (Å²) < 4.78 is 0. The molecule has 0 aromatic heterocycles. The monoisotopic (exact) mass is 399 g/mol. The third-order valence-corrected chi connectivity index (χ3v) is 5.28. The predicted molar refractivity (Wildman–Crippen MR) is 111 cm³/mol. The Morgan fingerprint density at radius 1 is 1.07 bits per heavy atom. The fourth-order valence-electron chi connectivity index (χ4n) is 3.34. The number of hydrogen-bond acceptors (Lipinski definition) is 3. The minimum Gasteiger partial charge on any atom is -0.351 e. The van der Waals surface area contributed by atoms with E-state index < -0.39 is 6.04 Å². The number of nitrogens with one attached hydrogen (secondary N) is 2. The van der Waals surface area contributed by atoms with E-state index in [1.54, 1.807) is 31.2 Å². The van der Waals surface area contributed by atoms with Crippen molar-refractivity contribution >= 4 is 23.4 Å². The average molecular weight is 400 g/mol. The molecule has 0 bridgehead atoms. The van der Waals surface area contributed by atoms with Crippen LogP contribution in [0.4, 0.5) is 0 Å². The second-order valence-electron chi connectivity index (χ2n) is 7.25. The van der Waals surface area contributed by atoms with Crippen molar-refractivity contribution < 1.29 is 9.59 Å². The van der Waals surface area contributed by atoms with E-state index in [1.807, 2.05) is 30.3 Å². The number of carbonyl (C=O) groups excluding carboxylic acids is 2. The van der Waals surface area contributed by atoms with Gasteiger partial charge < -0.3 is 10.6 Å². The van der Waals surface area contributed by atoms with Gasteiger partial charge in [0.25, 0.3) is 5.91 Å². The van der Waals surface area contributed by atoms with E-state index in [-0.39, 0.29) is 17.9 Å². The van der Waals surface area contributed by atoms with E-state index in [0.717, 1.165) is 37.5 Å². The maximum Gasteiger partial charge on any atom is 0.251 e. The Morgan fingerprint density at radius 2 is 1.71 bits per heavy atom. The number of carbonyl (C=O) groups is 2. The van der Waals surface area contributed by atoms with Crippen molar-refractivity contribution in [1.82, 2.24) is 15.5 Å². The fourth-order valence-corrected chi connectivity index (χ4v) is 3.47. The van der Waals surface area contributed by atoms with Gasteiger partial charge in [-0.25, -0.2) is 0 Å². The number of rotatable bonds is 6. The lowest BCUT2D eigenvalue weighted by Crippen LogP contribution is -2.51. The third-order valence-electron chi connectivity index (χ3n) is 5.03. The molecule has 0 spiro atoms. The van der Waals surface area contributed by atoms with Crippen molar-refractivity contribution in [3.63, 3.8) is 0 Å². The summed E-state index contributed by atoms with van der Waals surface area (Å²) in [7, 11) is 0. The molecule has 148 valence electrons. The summed E-state index contributed by atoms with van der Waals surface area (Å²) in [6.45, 7) is 4.46. The predicted octanol–water partition coefficient (Wildman–Crippen LogP) is 3.24. The van der Waals surface area contributed by atoms with E-state index in [1.165, 1.54) is 5.56 Å². The van der Waals surface area contributed by atoms with Crippen LogP contribution in [0, 0.1) is 0 Å². The van der Waals surface area contributed by atoms with Crippen LogP contribution in [0.1, 0.15) is 35.7 Å². The number of piperidine rings is 1. The zero-order chi connectivity index (χ0) is 19.9. The maximum absolute atomic E-state index is 12.4. The topological polar surface area (TPSA) is 61.4 Å². The highest BCUT2D eigenvalue weighted by Crippen LogP contribution is 2.16. The molecule has 1 saturated heterocycles. The van der Waals surface area contributed by atoms with Crippen LogP contribution in [0.15, 0.2) is 54.6 Å². The van der Waals surface area contributed by atoms with Crippen molar-refractivity contribution in [3.8, 4) is 0 Å². The van der Waals surface area contributed by atoms with Gasteiger partial charge in [0.2, 0.25) is 5.91 Å². The fraction of sp³-hybridized carbons (Fsp3) is 0.364. The van der Waals surface area contributed by atoms with Crippen LogP contribution in [0.3, 0.4) is 0 Å². The first-order valence-electron chi connectivity index (χ1n) is 9.64. The maximum atomic E-state index is 12.4. The smallest absolute Gasteiger partial charge is 0.251 e. The molecule has 0 aliphatic carbocycles. The first kappa shape index (κ1) is 20.4. The van der Waals surface area contributed by atoms with Gasteiger partial charge in [0.1, 0.15) is 6.04 Å². The van der Waals surface area contributed by atoms with E-state index in [0.29, 0.717) is 5.56 Å². The Bertz CT molecular complexity index is 787. The molecule has 0 radical (unpaired) electrons. The zero-order valence-electron chi connectivity index (χ0n) is 16.0. The van der Waals surface area contributed by atoms with Gasteiger partial charge in [-0.2, -0.15) is 0 Å². The molecular weight excluding hydrogens is 374 g/mol. The minimum absolute atomic E-state index is 0.138. The molecule has 1 aliphatic heterocycles. The number of hydrogen-bond donors (Lipinski definition) is 2. The van der Waals surface area contributed by atoms with E-state index in [4.69, 9.17) is 11.6 Å². The third kappa shape index (κ3) is 5.81. The van der Waals surface area contributed by atoms with E-state index in [9.17, 15) is 9.59 Å². The molecule has 1 atom stereocenters. The summed E-state index contributed by atoms with van der Waals surface area (Å²) >= 11 is 5.93. The lowest BCUT2D eigenvalue weighted by molar-refractivity contribution is -0.123. The summed E-state index contributed by atoms with van der Waals surface area (Å²) in [6, 6.07) is 16.4. The number of halogens is 1. The van der Waals surface area contributed by atoms with E-state index >= 15 is 0 Å². The summed E-state index contributed by atoms with van der Waals surface area (Å²) in [6.07, 6.45) is 1.80. The lowest BCUT2D eigenvalue weighted by Gasteiger charge is -2.33. The normalized spacial score (nSPS) is 16.4. The van der Waals surface area contributed by atoms with Crippen molar-refractivity contribution in [1.29, 1.82) is 0 Å². The summed E-state index contributed by atoms with van der Waals surface area (Å²) in [4.78, 5) is 27.0. The van der Waals surface area contributed by atoms with Gasteiger partial charge in [-0.15, -0.1) is 0 Å². The van der Waals surface area contributed by atoms with Crippen LogP contribution >= 0.6 is 11.6 Å². The number of likely N-dealkylation sites (tertiary alicyclic amines) is 1. The largest absolute Gasteiger partial charge is 0.351 e. The van der Waals surface area contributed by atoms with Crippen LogP contribution in [0.25, 0.3) is 0 Å². The number of nitrogens with zero attached hydrogens (tertiary/aromatic N) is 1. The van der Waals surface area contributed by atoms with Gasteiger partial charge in [-0.3, -0.25) is 14.5 Å². The molecule has 6 heteroatoms. The van der Waals surface area contributed by atoms with Gasteiger partial charge >= 0.3 is 0 Å². The highest BCUT2D eigenvalue weighted by molar-refractivity contribution is 6.30. The molecule has 0 saturated carbocycles. The van der Waals surface area contributed by atoms with Crippen LogP contribution in [0.2, 0.25) is 5.02 Å². The van der Waals surface area contributed by atoms with Crippen molar-refractivity contribution in [3.05, 3.63) is 70.7 Å². The molecule has 1 aliphatic rings. The second-order valence-corrected chi connectivity index (χ2v) is 7.68. The Morgan fingerprint density at radius 3 is 2.36 bits per heavy atom. The molecule has 3 rings (SSSR count). The summed E-state index contributed by atoms with van der Waals surface area (Å²) in [5, 5.41) is 6.58. The second kappa shape index (κ2) is 9.71. The Hall–Kier alpha value is -2.37. The molecule has 2 N–H and O–H groups in total. The summed E-state index contributed by atoms with van der Waals surface area (Å²) in [5.74, 6) is -0.374. The first-order valence-corrected chi connectivity index (χ1v) is 10.0. The van der Waals surface area contributed by atoms with E-state index in [2.05, 4.69) is 15.5 Å². The molecule has 1 fully saturated rings. The molecule has 1 heterocycles. The molecule has 2 aromatic carbocycles. The zero-order valence-corrected chi connectivity index (χ0v) is 16.8. The molecule has 0 unspecified atom stereocenters. The lowest BCUT2D eigenvalue weighted by atomic mass is 10.0. The Labute approximate surface area is 171 Å². The van der Waals surface area contributed by atoms with Crippen molar-refractivity contribution in [2.75, 3.05) is 13.1 Å². The van der Waals surface area contributed by atoms with Gasteiger partial charge in [-0.1, -0.05) is 41.9 Å². The first-order chi connectivity index (χ1) is 13.5. The van der Waals surface area contributed by atoms with Crippen LogP contribution in [-0.2, 0) is 11.3 Å².